The van der Waals surface area contributed by atoms with Crippen LogP contribution in [0.1, 0.15) is 45.7 Å². The molecule has 3 rings (SSSR count). The van der Waals surface area contributed by atoms with Crippen LogP contribution in [-0.2, 0) is 6.42 Å². The maximum Gasteiger partial charge on any atom is 0.0921 e. The van der Waals surface area contributed by atoms with Crippen LogP contribution in [0.4, 0.5) is 0 Å². The van der Waals surface area contributed by atoms with Gasteiger partial charge in [-0.25, -0.2) is 4.98 Å². The minimum absolute atomic E-state index is 0.459. The van der Waals surface area contributed by atoms with E-state index in [4.69, 9.17) is 0 Å². The normalized spacial score (nSPS) is 37.3. The van der Waals surface area contributed by atoms with E-state index in [1.807, 2.05) is 6.20 Å². The van der Waals surface area contributed by atoms with E-state index >= 15 is 0 Å². The summed E-state index contributed by atoms with van der Waals surface area (Å²) >= 11 is 0. The fourth-order valence-corrected chi connectivity index (χ4v) is 4.58. The molecule has 3 heteroatoms. The number of imidazole rings is 1. The molecule has 0 saturated heterocycles. The molecule has 1 heterocycles. The molecule has 1 aromatic rings. The van der Waals surface area contributed by atoms with Crippen LogP contribution in [0.15, 0.2) is 12.5 Å². The SMILES string of the molecule is CC1(C)C(NCCc2cnc[nH]2)[C@]2(C)CC[C@H]1C2. The molecule has 2 aliphatic rings. The van der Waals surface area contributed by atoms with Gasteiger partial charge in [0.15, 0.2) is 0 Å². The van der Waals surface area contributed by atoms with Gasteiger partial charge < -0.3 is 10.3 Å². The van der Waals surface area contributed by atoms with Crippen LogP contribution in [0, 0.1) is 16.7 Å². The Morgan fingerprint density at radius 1 is 1.44 bits per heavy atom. The molecular formula is C15H25N3. The van der Waals surface area contributed by atoms with Gasteiger partial charge in [-0.15, -0.1) is 0 Å². The molecule has 1 unspecified atom stereocenters. The maximum atomic E-state index is 4.07. The third-order valence-electron chi connectivity index (χ3n) is 5.57. The van der Waals surface area contributed by atoms with Crippen LogP contribution in [0.2, 0.25) is 0 Å². The van der Waals surface area contributed by atoms with E-state index in [0.717, 1.165) is 18.9 Å². The summed E-state index contributed by atoms with van der Waals surface area (Å²) < 4.78 is 0. The first-order valence-electron chi connectivity index (χ1n) is 7.23. The molecule has 0 amide bonds. The van der Waals surface area contributed by atoms with E-state index in [2.05, 4.69) is 36.1 Å². The van der Waals surface area contributed by atoms with Crippen molar-refractivity contribution in [2.75, 3.05) is 6.54 Å². The van der Waals surface area contributed by atoms with Crippen molar-refractivity contribution in [2.45, 2.75) is 52.5 Å². The molecule has 0 aliphatic heterocycles. The summed E-state index contributed by atoms with van der Waals surface area (Å²) in [6.07, 6.45) is 8.99. The zero-order chi connectivity index (χ0) is 12.8. The average molecular weight is 247 g/mol. The molecule has 2 fully saturated rings. The molecule has 2 bridgehead atoms. The third kappa shape index (κ3) is 1.80. The summed E-state index contributed by atoms with van der Waals surface area (Å²) in [4.78, 5) is 7.25. The van der Waals surface area contributed by atoms with Crippen LogP contribution in [0.25, 0.3) is 0 Å². The second kappa shape index (κ2) is 4.09. The number of fused-ring (bicyclic) bond motifs is 2. The highest BCUT2D eigenvalue weighted by Gasteiger charge is 2.58. The Balaban J connectivity index is 1.62. The first-order chi connectivity index (χ1) is 8.52. The molecule has 1 aromatic heterocycles. The number of aromatic amines is 1. The topological polar surface area (TPSA) is 40.7 Å². The molecule has 0 radical (unpaired) electrons. The lowest BCUT2D eigenvalue weighted by Gasteiger charge is -2.43. The molecular weight excluding hydrogens is 222 g/mol. The number of hydrogen-bond acceptors (Lipinski definition) is 2. The molecule has 100 valence electrons. The van der Waals surface area contributed by atoms with Crippen molar-refractivity contribution >= 4 is 0 Å². The monoisotopic (exact) mass is 247 g/mol. The van der Waals surface area contributed by atoms with E-state index in [1.165, 1.54) is 25.0 Å². The number of aromatic nitrogens is 2. The van der Waals surface area contributed by atoms with Gasteiger partial charge in [0.1, 0.15) is 0 Å². The first kappa shape index (κ1) is 12.2. The minimum atomic E-state index is 0.459. The summed E-state index contributed by atoms with van der Waals surface area (Å²) in [5, 5.41) is 3.83. The van der Waals surface area contributed by atoms with Gasteiger partial charge in [0.2, 0.25) is 0 Å². The van der Waals surface area contributed by atoms with Crippen molar-refractivity contribution in [2.24, 2.45) is 16.7 Å². The molecule has 2 aliphatic carbocycles. The molecule has 0 aromatic carbocycles. The number of hydrogen-bond donors (Lipinski definition) is 2. The van der Waals surface area contributed by atoms with Crippen LogP contribution < -0.4 is 5.32 Å². The molecule has 0 spiro atoms. The van der Waals surface area contributed by atoms with Crippen molar-refractivity contribution in [3.05, 3.63) is 18.2 Å². The van der Waals surface area contributed by atoms with E-state index in [9.17, 15) is 0 Å². The Hall–Kier alpha value is -0.830. The van der Waals surface area contributed by atoms with Crippen LogP contribution >= 0.6 is 0 Å². The van der Waals surface area contributed by atoms with Crippen molar-refractivity contribution in [1.29, 1.82) is 0 Å². The largest absolute Gasteiger partial charge is 0.348 e. The van der Waals surface area contributed by atoms with Gasteiger partial charge in [0.05, 0.1) is 6.33 Å². The predicted octanol–water partition coefficient (Wildman–Crippen LogP) is 2.76. The minimum Gasteiger partial charge on any atom is -0.348 e. The number of H-pyrrole nitrogens is 1. The van der Waals surface area contributed by atoms with E-state index in [0.29, 0.717) is 16.9 Å². The van der Waals surface area contributed by atoms with Crippen molar-refractivity contribution < 1.29 is 0 Å². The fourth-order valence-electron chi connectivity index (χ4n) is 4.58. The Bertz CT molecular complexity index is 405. The summed E-state index contributed by atoms with van der Waals surface area (Å²) in [5.74, 6) is 0.923. The molecule has 2 N–H and O–H groups in total. The van der Waals surface area contributed by atoms with Gasteiger partial charge in [0, 0.05) is 30.9 Å². The van der Waals surface area contributed by atoms with E-state index in [-0.39, 0.29) is 0 Å². The molecule has 3 atom stereocenters. The van der Waals surface area contributed by atoms with Crippen molar-refractivity contribution in [3.63, 3.8) is 0 Å². The number of rotatable bonds is 4. The second-order valence-corrected chi connectivity index (χ2v) is 7.13. The van der Waals surface area contributed by atoms with Gasteiger partial charge in [-0.05, 0) is 36.0 Å². The highest BCUT2D eigenvalue weighted by molar-refractivity contribution is 5.12. The summed E-state index contributed by atoms with van der Waals surface area (Å²) in [6, 6.07) is 0.673. The van der Waals surface area contributed by atoms with Crippen LogP contribution in [-0.4, -0.2) is 22.6 Å². The Morgan fingerprint density at radius 2 is 2.28 bits per heavy atom. The van der Waals surface area contributed by atoms with Gasteiger partial charge >= 0.3 is 0 Å². The predicted molar refractivity (Wildman–Crippen MR) is 73.3 cm³/mol. The standard InChI is InChI=1S/C15H25N3/c1-14(2)11-4-6-15(3,8-11)13(14)17-7-5-12-9-16-10-18-12/h9-11,13,17H,4-8H2,1-3H3,(H,16,18)/t11-,13?,15+/m0/s1. The lowest BCUT2D eigenvalue weighted by molar-refractivity contribution is 0.110. The first-order valence-corrected chi connectivity index (χ1v) is 7.23. The fraction of sp³-hybridized carbons (Fsp3) is 0.800. The highest BCUT2D eigenvalue weighted by Crippen LogP contribution is 2.62. The quantitative estimate of drug-likeness (QED) is 0.859. The van der Waals surface area contributed by atoms with Gasteiger partial charge in [-0.3, -0.25) is 0 Å². The molecule has 2 saturated carbocycles. The van der Waals surface area contributed by atoms with Crippen LogP contribution in [0.3, 0.4) is 0 Å². The number of nitrogens with zero attached hydrogens (tertiary/aromatic N) is 1. The Morgan fingerprint density at radius 3 is 2.89 bits per heavy atom. The lowest BCUT2D eigenvalue weighted by Crippen LogP contribution is -2.50. The van der Waals surface area contributed by atoms with E-state index in [1.54, 1.807) is 6.33 Å². The Labute approximate surface area is 110 Å². The van der Waals surface area contributed by atoms with E-state index < -0.39 is 0 Å². The van der Waals surface area contributed by atoms with Crippen molar-refractivity contribution in [3.8, 4) is 0 Å². The summed E-state index contributed by atoms with van der Waals surface area (Å²) in [7, 11) is 0. The molecule has 3 nitrogen and oxygen atoms in total. The van der Waals surface area contributed by atoms with Gasteiger partial charge in [-0.1, -0.05) is 20.8 Å². The van der Waals surface area contributed by atoms with Gasteiger partial charge in [-0.2, -0.15) is 0 Å². The van der Waals surface area contributed by atoms with Crippen molar-refractivity contribution in [1.82, 2.24) is 15.3 Å². The average Bonchev–Trinajstić information content (AvgIpc) is 2.96. The lowest BCUT2D eigenvalue weighted by atomic mass is 9.68. The van der Waals surface area contributed by atoms with Crippen LogP contribution in [0.5, 0.6) is 0 Å². The smallest absolute Gasteiger partial charge is 0.0921 e. The summed E-state index contributed by atoms with van der Waals surface area (Å²) in [6.45, 7) is 8.44. The third-order valence-corrected chi connectivity index (χ3v) is 5.57. The Kier molecular flexibility index (Phi) is 2.77. The molecule has 18 heavy (non-hydrogen) atoms. The summed E-state index contributed by atoms with van der Waals surface area (Å²) in [5.41, 5.74) is 2.22. The zero-order valence-electron chi connectivity index (χ0n) is 11.8. The maximum absolute atomic E-state index is 4.07. The highest BCUT2D eigenvalue weighted by atomic mass is 15.0. The second-order valence-electron chi connectivity index (χ2n) is 7.13. The van der Waals surface area contributed by atoms with Gasteiger partial charge in [0.25, 0.3) is 0 Å². The number of nitrogens with one attached hydrogen (secondary N) is 2. The zero-order valence-corrected chi connectivity index (χ0v) is 11.8.